The van der Waals surface area contributed by atoms with Crippen LogP contribution < -0.4 is 20.7 Å². The fourth-order valence-electron chi connectivity index (χ4n) is 3.19. The lowest BCUT2D eigenvalue weighted by atomic mass is 9.85. The van der Waals surface area contributed by atoms with E-state index in [1.165, 1.54) is 0 Å². The normalized spacial score (nSPS) is 18.7. The van der Waals surface area contributed by atoms with E-state index in [1.54, 1.807) is 24.3 Å². The molecule has 30 heavy (non-hydrogen) atoms. The summed E-state index contributed by atoms with van der Waals surface area (Å²) in [4.78, 5) is 24.1. The van der Waals surface area contributed by atoms with Gasteiger partial charge in [-0.2, -0.15) is 8.78 Å². The van der Waals surface area contributed by atoms with Gasteiger partial charge in [-0.05, 0) is 24.3 Å². The minimum absolute atomic E-state index is 0.0777. The number of alkyl halides is 2. The summed E-state index contributed by atoms with van der Waals surface area (Å²) in [6, 6.07) is 5.95. The maximum atomic E-state index is 14.5. The molecular formula is C19H16ClF4N3O3. The zero-order chi connectivity index (χ0) is 21.8. The first-order valence-electron chi connectivity index (χ1n) is 8.76. The number of carbonyl (C=O) groups excluding carboxylic acids is 2. The van der Waals surface area contributed by atoms with Gasteiger partial charge in [0.05, 0.1) is 6.04 Å². The third-order valence-corrected chi connectivity index (χ3v) is 4.73. The number of amides is 3. The zero-order valence-corrected chi connectivity index (χ0v) is 16.0. The molecule has 0 radical (unpaired) electrons. The lowest BCUT2D eigenvalue weighted by Crippen LogP contribution is -2.53. The second-order valence-corrected chi connectivity index (χ2v) is 6.94. The minimum Gasteiger partial charge on any atom is -0.435 e. The molecule has 3 rings (SSSR count). The topological polar surface area (TPSA) is 79.5 Å². The first-order chi connectivity index (χ1) is 14.2. The molecule has 1 aliphatic heterocycles. The third kappa shape index (κ3) is 5.32. The number of benzene rings is 2. The van der Waals surface area contributed by atoms with Crippen LogP contribution in [-0.2, 0) is 4.79 Å². The molecule has 0 saturated carbocycles. The van der Waals surface area contributed by atoms with E-state index < -0.39 is 53.5 Å². The molecule has 0 unspecified atom stereocenters. The summed E-state index contributed by atoms with van der Waals surface area (Å²) in [5.41, 5.74) is -0.0672. The Labute approximate surface area is 173 Å². The van der Waals surface area contributed by atoms with Gasteiger partial charge in [-0.3, -0.25) is 4.79 Å². The van der Waals surface area contributed by atoms with Gasteiger partial charge >= 0.3 is 12.6 Å². The van der Waals surface area contributed by atoms with Crippen molar-refractivity contribution >= 4 is 29.2 Å². The number of hydrogen-bond acceptors (Lipinski definition) is 3. The summed E-state index contributed by atoms with van der Waals surface area (Å²) >= 11 is 5.78. The number of ether oxygens (including phenoxy) is 1. The number of piperidine rings is 1. The van der Waals surface area contributed by atoms with Crippen molar-refractivity contribution in [2.75, 3.05) is 11.9 Å². The van der Waals surface area contributed by atoms with Crippen LogP contribution in [0.3, 0.4) is 0 Å². The smallest absolute Gasteiger partial charge is 0.387 e. The van der Waals surface area contributed by atoms with Gasteiger partial charge in [0.25, 0.3) is 0 Å². The average molecular weight is 446 g/mol. The second kappa shape index (κ2) is 9.21. The molecule has 1 aliphatic rings. The van der Waals surface area contributed by atoms with E-state index in [2.05, 4.69) is 20.7 Å². The molecule has 6 nitrogen and oxygen atoms in total. The maximum Gasteiger partial charge on any atom is 0.387 e. The first-order valence-corrected chi connectivity index (χ1v) is 9.14. The molecule has 2 aromatic rings. The second-order valence-electron chi connectivity index (χ2n) is 6.51. The summed E-state index contributed by atoms with van der Waals surface area (Å²) in [6.07, 6.45) is -0.311. The number of halogens is 5. The summed E-state index contributed by atoms with van der Waals surface area (Å²) in [6.45, 7) is -3.33. The highest BCUT2D eigenvalue weighted by Crippen LogP contribution is 2.33. The molecule has 11 heteroatoms. The lowest BCUT2D eigenvalue weighted by Gasteiger charge is -2.33. The van der Waals surface area contributed by atoms with Gasteiger partial charge in [0.2, 0.25) is 5.91 Å². The molecule has 2 atom stereocenters. The van der Waals surface area contributed by atoms with E-state index >= 15 is 0 Å². The van der Waals surface area contributed by atoms with Gasteiger partial charge in [0.1, 0.15) is 17.4 Å². The summed E-state index contributed by atoms with van der Waals surface area (Å²) < 4.78 is 57.7. The Bertz CT molecular complexity index is 920. The predicted molar refractivity (Wildman–Crippen MR) is 101 cm³/mol. The van der Waals surface area contributed by atoms with E-state index in [-0.39, 0.29) is 13.0 Å². The number of rotatable bonds is 5. The molecule has 0 bridgehead atoms. The lowest BCUT2D eigenvalue weighted by molar-refractivity contribution is -0.123. The van der Waals surface area contributed by atoms with E-state index in [1.807, 2.05) is 0 Å². The van der Waals surface area contributed by atoms with Gasteiger partial charge < -0.3 is 20.7 Å². The maximum absolute atomic E-state index is 14.5. The average Bonchev–Trinajstić information content (AvgIpc) is 2.64. The molecule has 3 N–H and O–H groups in total. The third-order valence-electron chi connectivity index (χ3n) is 4.48. The Morgan fingerprint density at radius 1 is 1.17 bits per heavy atom. The van der Waals surface area contributed by atoms with Crippen molar-refractivity contribution in [1.29, 1.82) is 0 Å². The molecule has 1 saturated heterocycles. The van der Waals surface area contributed by atoms with Crippen LogP contribution in [0.1, 0.15) is 17.9 Å². The molecular weight excluding hydrogens is 430 g/mol. The predicted octanol–water partition coefficient (Wildman–Crippen LogP) is 4.01. The molecule has 1 heterocycles. The van der Waals surface area contributed by atoms with Crippen molar-refractivity contribution < 1.29 is 31.9 Å². The molecule has 160 valence electrons. The highest BCUT2D eigenvalue weighted by atomic mass is 35.5. The zero-order valence-electron chi connectivity index (χ0n) is 15.2. The Morgan fingerprint density at radius 2 is 1.80 bits per heavy atom. The Hall–Kier alpha value is -3.01. The van der Waals surface area contributed by atoms with Crippen LogP contribution in [0.25, 0.3) is 0 Å². The fraction of sp³-hybridized carbons (Fsp3) is 0.263. The van der Waals surface area contributed by atoms with Crippen molar-refractivity contribution in [1.82, 2.24) is 10.6 Å². The molecule has 0 spiro atoms. The van der Waals surface area contributed by atoms with Gasteiger partial charge in [0.15, 0.2) is 0 Å². The molecule has 0 aromatic heterocycles. The van der Waals surface area contributed by atoms with Gasteiger partial charge in [-0.15, -0.1) is 0 Å². The first kappa shape index (κ1) is 21.7. The van der Waals surface area contributed by atoms with Crippen LogP contribution in [-0.4, -0.2) is 31.1 Å². The largest absolute Gasteiger partial charge is 0.435 e. The minimum atomic E-state index is -3.25. The van der Waals surface area contributed by atoms with E-state index in [0.29, 0.717) is 22.8 Å². The summed E-state index contributed by atoms with van der Waals surface area (Å²) in [7, 11) is 0. The van der Waals surface area contributed by atoms with Crippen LogP contribution in [0.4, 0.5) is 28.0 Å². The monoisotopic (exact) mass is 445 g/mol. The summed E-state index contributed by atoms with van der Waals surface area (Å²) in [5, 5.41) is 8.11. The Kier molecular flexibility index (Phi) is 6.66. The van der Waals surface area contributed by atoms with Crippen LogP contribution in [0.15, 0.2) is 36.4 Å². The van der Waals surface area contributed by atoms with Crippen molar-refractivity contribution in [2.24, 2.45) is 0 Å². The fourth-order valence-corrected chi connectivity index (χ4v) is 3.32. The van der Waals surface area contributed by atoms with Crippen LogP contribution in [0.2, 0.25) is 5.02 Å². The molecule has 1 fully saturated rings. The van der Waals surface area contributed by atoms with Crippen LogP contribution in [0, 0.1) is 11.6 Å². The number of carbonyl (C=O) groups is 2. The quantitative estimate of drug-likeness (QED) is 0.608. The number of hydrogen-bond donors (Lipinski definition) is 3. The van der Waals surface area contributed by atoms with Gasteiger partial charge in [-0.25, -0.2) is 13.6 Å². The summed E-state index contributed by atoms with van der Waals surface area (Å²) in [5.74, 6) is -4.53. The van der Waals surface area contributed by atoms with Gasteiger partial charge in [0, 0.05) is 47.3 Å². The highest BCUT2D eigenvalue weighted by Gasteiger charge is 2.35. The van der Waals surface area contributed by atoms with E-state index in [4.69, 9.17) is 11.6 Å². The van der Waals surface area contributed by atoms with Crippen molar-refractivity contribution in [3.8, 4) is 5.75 Å². The molecule has 2 aromatic carbocycles. The van der Waals surface area contributed by atoms with Crippen molar-refractivity contribution in [2.45, 2.75) is 25.0 Å². The van der Waals surface area contributed by atoms with Gasteiger partial charge in [-0.1, -0.05) is 11.6 Å². The van der Waals surface area contributed by atoms with Crippen molar-refractivity contribution in [3.05, 3.63) is 58.6 Å². The standard InChI is InChI=1S/C19H16ClF4N3O3/c20-9-1-3-10(4-2-9)26-19(29)27-15-8-25-16(28)7-12(15)17-13(21)5-11(6-14(17)22)30-18(23)24/h1-6,12,15,18H,7-8H2,(H,25,28)(H2,26,27,29)/t12-,15-/m1/s1. The van der Waals surface area contributed by atoms with Crippen LogP contribution in [0.5, 0.6) is 5.75 Å². The number of anilines is 1. The van der Waals surface area contributed by atoms with Crippen LogP contribution >= 0.6 is 11.6 Å². The number of urea groups is 1. The molecule has 0 aliphatic carbocycles. The SMILES string of the molecule is O=C1C[C@@H](c2c(F)cc(OC(F)F)cc2F)[C@H](NC(=O)Nc2ccc(Cl)cc2)CN1. The Balaban J connectivity index is 1.80. The number of nitrogens with one attached hydrogen (secondary N) is 3. The highest BCUT2D eigenvalue weighted by molar-refractivity contribution is 6.30. The van der Waals surface area contributed by atoms with Crippen molar-refractivity contribution in [3.63, 3.8) is 0 Å². The molecule has 3 amide bonds. The van der Waals surface area contributed by atoms with E-state index in [0.717, 1.165) is 0 Å². The Morgan fingerprint density at radius 3 is 2.40 bits per heavy atom. The van der Waals surface area contributed by atoms with E-state index in [9.17, 15) is 27.2 Å².